The highest BCUT2D eigenvalue weighted by molar-refractivity contribution is 5.77. The molecule has 0 spiro atoms. The smallest absolute Gasteiger partial charge is 0.314 e. The second-order valence-corrected chi connectivity index (χ2v) is 5.55. The molecule has 2 nitrogen and oxygen atoms in total. The van der Waals surface area contributed by atoms with E-state index < -0.39 is 0 Å². The van der Waals surface area contributed by atoms with Gasteiger partial charge in [0.25, 0.3) is 0 Å². The molecule has 126 valence electrons. The average Bonchev–Trinajstić information content (AvgIpc) is 2.55. The number of ether oxygens (including phenoxy) is 1. The third-order valence-corrected chi connectivity index (χ3v) is 3.57. The Hall–Kier alpha value is -1.31. The molecule has 1 atom stereocenters. The fourth-order valence-electron chi connectivity index (χ4n) is 2.25. The van der Waals surface area contributed by atoms with Crippen LogP contribution in [-0.4, -0.2) is 5.97 Å². The Bertz CT molecular complexity index is 392. The number of unbranched alkanes of at least 4 members (excludes halogenated alkanes) is 5. The zero-order valence-corrected chi connectivity index (χ0v) is 15.2. The van der Waals surface area contributed by atoms with E-state index in [9.17, 15) is 4.79 Å². The van der Waals surface area contributed by atoms with Crippen molar-refractivity contribution in [2.75, 3.05) is 0 Å². The standard InChI is InChI=1S/C10H10O2.C8H18.C2H6/c1-7-6-8-4-2-3-5-9(8)12-10(7)11;1-3-5-7-8-6-4-2;1-2/h2-5,7H,6H2,1H3;3-8H2,1-2H3;1-2H3. The number of carbonyl (C=O) groups is 1. The third-order valence-electron chi connectivity index (χ3n) is 3.57. The largest absolute Gasteiger partial charge is 0.426 e. The lowest BCUT2D eigenvalue weighted by molar-refractivity contribution is -0.139. The van der Waals surface area contributed by atoms with Crippen molar-refractivity contribution in [3.05, 3.63) is 29.8 Å². The number of benzene rings is 1. The van der Waals surface area contributed by atoms with Crippen LogP contribution < -0.4 is 4.74 Å². The quantitative estimate of drug-likeness (QED) is 0.369. The molecule has 1 aromatic rings. The van der Waals surface area contributed by atoms with Crippen LogP contribution >= 0.6 is 0 Å². The highest BCUT2D eigenvalue weighted by atomic mass is 16.5. The van der Waals surface area contributed by atoms with E-state index in [2.05, 4.69) is 13.8 Å². The summed E-state index contributed by atoms with van der Waals surface area (Å²) in [6.07, 6.45) is 9.29. The maximum absolute atomic E-state index is 11.1. The van der Waals surface area contributed by atoms with E-state index in [1.54, 1.807) is 0 Å². The molecular formula is C20H34O2. The molecule has 22 heavy (non-hydrogen) atoms. The summed E-state index contributed by atoms with van der Waals surface area (Å²) in [4.78, 5) is 11.1. The highest BCUT2D eigenvalue weighted by Crippen LogP contribution is 2.26. The monoisotopic (exact) mass is 306 g/mol. The van der Waals surface area contributed by atoms with Crippen molar-refractivity contribution in [2.24, 2.45) is 5.92 Å². The summed E-state index contributed by atoms with van der Waals surface area (Å²) < 4.78 is 5.11. The maximum Gasteiger partial charge on any atom is 0.314 e. The van der Waals surface area contributed by atoms with Crippen molar-refractivity contribution in [1.82, 2.24) is 0 Å². The highest BCUT2D eigenvalue weighted by Gasteiger charge is 2.23. The van der Waals surface area contributed by atoms with Gasteiger partial charge in [-0.1, -0.05) is 91.3 Å². The molecular weight excluding hydrogens is 272 g/mol. The van der Waals surface area contributed by atoms with Gasteiger partial charge in [-0.05, 0) is 18.1 Å². The first-order valence-corrected chi connectivity index (χ1v) is 8.98. The molecule has 0 saturated heterocycles. The second kappa shape index (κ2) is 13.4. The van der Waals surface area contributed by atoms with Gasteiger partial charge in [0.05, 0.1) is 5.92 Å². The van der Waals surface area contributed by atoms with Gasteiger partial charge in [0.2, 0.25) is 0 Å². The molecule has 0 saturated carbocycles. The number of carbonyl (C=O) groups excluding carboxylic acids is 1. The average molecular weight is 306 g/mol. The van der Waals surface area contributed by atoms with Crippen LogP contribution in [0.2, 0.25) is 0 Å². The summed E-state index contributed by atoms with van der Waals surface area (Å²) in [5.41, 5.74) is 1.13. The predicted molar refractivity (Wildman–Crippen MR) is 95.3 cm³/mol. The van der Waals surface area contributed by atoms with Gasteiger partial charge in [-0.3, -0.25) is 4.79 Å². The van der Waals surface area contributed by atoms with E-state index in [1.165, 1.54) is 38.5 Å². The predicted octanol–water partition coefficient (Wildman–Crippen LogP) is 6.18. The minimum Gasteiger partial charge on any atom is -0.426 e. The normalized spacial score (nSPS) is 15.5. The lowest BCUT2D eigenvalue weighted by Crippen LogP contribution is -2.24. The Morgan fingerprint density at radius 3 is 2.09 bits per heavy atom. The van der Waals surface area contributed by atoms with E-state index >= 15 is 0 Å². The van der Waals surface area contributed by atoms with Crippen molar-refractivity contribution in [3.63, 3.8) is 0 Å². The van der Waals surface area contributed by atoms with Crippen LogP contribution in [0.5, 0.6) is 5.75 Å². The van der Waals surface area contributed by atoms with E-state index in [0.29, 0.717) is 0 Å². The first-order chi connectivity index (χ1) is 10.7. The van der Waals surface area contributed by atoms with Gasteiger partial charge in [-0.25, -0.2) is 0 Å². The molecule has 0 amide bonds. The van der Waals surface area contributed by atoms with Gasteiger partial charge in [-0.2, -0.15) is 0 Å². The van der Waals surface area contributed by atoms with E-state index in [-0.39, 0.29) is 11.9 Å². The van der Waals surface area contributed by atoms with Crippen LogP contribution in [0, 0.1) is 5.92 Å². The molecule has 0 aromatic heterocycles. The molecule has 0 fully saturated rings. The van der Waals surface area contributed by atoms with Crippen LogP contribution in [0.4, 0.5) is 0 Å². The van der Waals surface area contributed by atoms with Gasteiger partial charge >= 0.3 is 5.97 Å². The van der Waals surface area contributed by atoms with Crippen LogP contribution in [0.15, 0.2) is 24.3 Å². The molecule has 1 aliphatic heterocycles. The van der Waals surface area contributed by atoms with Gasteiger partial charge in [0.15, 0.2) is 0 Å². The molecule has 2 rings (SSSR count). The van der Waals surface area contributed by atoms with Crippen LogP contribution in [0.25, 0.3) is 0 Å². The van der Waals surface area contributed by atoms with Crippen molar-refractivity contribution in [3.8, 4) is 5.75 Å². The van der Waals surface area contributed by atoms with Crippen molar-refractivity contribution < 1.29 is 9.53 Å². The Morgan fingerprint density at radius 2 is 1.55 bits per heavy atom. The zero-order chi connectivity index (χ0) is 16.8. The van der Waals surface area contributed by atoms with E-state index in [1.807, 2.05) is 45.0 Å². The Balaban J connectivity index is 0.000000388. The summed E-state index contributed by atoms with van der Waals surface area (Å²) in [7, 11) is 0. The van der Waals surface area contributed by atoms with Crippen molar-refractivity contribution in [1.29, 1.82) is 0 Å². The molecule has 1 aromatic carbocycles. The van der Waals surface area contributed by atoms with Crippen molar-refractivity contribution >= 4 is 5.97 Å². The molecule has 1 heterocycles. The van der Waals surface area contributed by atoms with Gasteiger partial charge < -0.3 is 4.74 Å². The fourth-order valence-corrected chi connectivity index (χ4v) is 2.25. The Labute approximate surface area is 137 Å². The molecule has 0 bridgehead atoms. The Morgan fingerprint density at radius 1 is 1.00 bits per heavy atom. The topological polar surface area (TPSA) is 26.3 Å². The number of hydrogen-bond acceptors (Lipinski definition) is 2. The molecule has 0 aliphatic carbocycles. The lowest BCUT2D eigenvalue weighted by atomic mass is 9.98. The summed E-state index contributed by atoms with van der Waals surface area (Å²) in [5, 5.41) is 0. The number of fused-ring (bicyclic) bond motifs is 1. The Kier molecular flexibility index (Phi) is 12.6. The van der Waals surface area contributed by atoms with Gasteiger partial charge in [0, 0.05) is 0 Å². The summed E-state index contributed by atoms with van der Waals surface area (Å²) in [6.45, 7) is 10.4. The first kappa shape index (κ1) is 20.7. The van der Waals surface area contributed by atoms with Crippen LogP contribution in [0.1, 0.15) is 78.7 Å². The minimum absolute atomic E-state index is 0.0000926. The fraction of sp³-hybridized carbons (Fsp3) is 0.650. The number of hydrogen-bond donors (Lipinski definition) is 0. The third kappa shape index (κ3) is 8.21. The molecule has 0 radical (unpaired) electrons. The molecule has 0 N–H and O–H groups in total. The van der Waals surface area contributed by atoms with Crippen LogP contribution in [0.3, 0.4) is 0 Å². The van der Waals surface area contributed by atoms with Crippen LogP contribution in [-0.2, 0) is 11.2 Å². The minimum atomic E-state index is -0.117. The maximum atomic E-state index is 11.1. The van der Waals surface area contributed by atoms with E-state index in [0.717, 1.165) is 17.7 Å². The van der Waals surface area contributed by atoms with Crippen molar-refractivity contribution in [2.45, 2.75) is 79.6 Å². The number of rotatable bonds is 5. The second-order valence-electron chi connectivity index (χ2n) is 5.55. The van der Waals surface area contributed by atoms with Gasteiger partial charge in [0.1, 0.15) is 5.75 Å². The van der Waals surface area contributed by atoms with Gasteiger partial charge in [-0.15, -0.1) is 0 Å². The lowest BCUT2D eigenvalue weighted by Gasteiger charge is -2.19. The number of para-hydroxylation sites is 1. The summed E-state index contributed by atoms with van der Waals surface area (Å²) in [5.74, 6) is 0.606. The summed E-state index contributed by atoms with van der Waals surface area (Å²) in [6, 6.07) is 7.67. The zero-order valence-electron chi connectivity index (χ0n) is 15.2. The first-order valence-electron chi connectivity index (χ1n) is 8.98. The number of esters is 1. The summed E-state index contributed by atoms with van der Waals surface area (Å²) >= 11 is 0. The molecule has 1 unspecified atom stereocenters. The molecule has 1 aliphatic rings. The molecule has 2 heteroatoms. The van der Waals surface area contributed by atoms with E-state index in [4.69, 9.17) is 4.74 Å². The SMILES string of the molecule is CC.CC1Cc2ccccc2OC1=O.CCCCCCCC.